The Morgan fingerprint density at radius 3 is 2.67 bits per heavy atom. The molecular formula is C15H26N2O3S. The van der Waals surface area contributed by atoms with Gasteiger partial charge in [0.25, 0.3) is 0 Å². The number of aryl methyl sites for hydroxylation is 1. The lowest BCUT2D eigenvalue weighted by atomic mass is 10.0. The Balaban J connectivity index is 2.09. The Bertz CT molecular complexity index is 559. The van der Waals surface area contributed by atoms with Gasteiger partial charge in [-0.15, -0.1) is 0 Å². The lowest BCUT2D eigenvalue weighted by molar-refractivity contribution is 0.422. The van der Waals surface area contributed by atoms with E-state index in [1.54, 1.807) is 13.0 Å². The summed E-state index contributed by atoms with van der Waals surface area (Å²) in [4.78, 5) is 0.264. The van der Waals surface area contributed by atoms with Gasteiger partial charge in [-0.2, -0.15) is 0 Å². The van der Waals surface area contributed by atoms with Crippen LogP contribution >= 0.6 is 0 Å². The second-order valence-electron chi connectivity index (χ2n) is 5.87. The van der Waals surface area contributed by atoms with Crippen molar-refractivity contribution in [1.29, 1.82) is 0 Å². The maximum Gasteiger partial charge on any atom is 0.244 e. The Kier molecular flexibility index (Phi) is 5.46. The third-order valence-electron chi connectivity index (χ3n) is 4.21. The van der Waals surface area contributed by atoms with E-state index in [1.165, 1.54) is 12.8 Å². The average Bonchev–Trinajstić information content (AvgIpc) is 3.05. The SMILES string of the molecule is CCNCc1cc(S(=O)(=O)NC(C)C2CCCC2)c(C)o1. The van der Waals surface area contributed by atoms with Gasteiger partial charge in [0.15, 0.2) is 0 Å². The number of hydrogen-bond donors (Lipinski definition) is 2. The van der Waals surface area contributed by atoms with Crippen LogP contribution in [0.15, 0.2) is 15.4 Å². The summed E-state index contributed by atoms with van der Waals surface area (Å²) in [6.45, 7) is 7.02. The lowest BCUT2D eigenvalue weighted by Gasteiger charge is -2.19. The highest BCUT2D eigenvalue weighted by Crippen LogP contribution is 2.29. The number of sulfonamides is 1. The second kappa shape index (κ2) is 6.94. The van der Waals surface area contributed by atoms with Crippen LogP contribution in [0.3, 0.4) is 0 Å². The molecule has 1 aromatic heterocycles. The van der Waals surface area contributed by atoms with Gasteiger partial charge in [-0.25, -0.2) is 13.1 Å². The van der Waals surface area contributed by atoms with Crippen LogP contribution in [0.2, 0.25) is 0 Å². The highest BCUT2D eigenvalue weighted by atomic mass is 32.2. The summed E-state index contributed by atoms with van der Waals surface area (Å²) >= 11 is 0. The van der Waals surface area contributed by atoms with E-state index in [-0.39, 0.29) is 10.9 Å². The van der Waals surface area contributed by atoms with Crippen LogP contribution in [-0.4, -0.2) is 21.0 Å². The first-order chi connectivity index (χ1) is 9.94. The Hall–Kier alpha value is -0.850. The molecule has 0 aromatic carbocycles. The number of nitrogens with one attached hydrogen (secondary N) is 2. The minimum Gasteiger partial charge on any atom is -0.464 e. The van der Waals surface area contributed by atoms with Crippen LogP contribution in [0.5, 0.6) is 0 Å². The molecule has 0 aliphatic heterocycles. The van der Waals surface area contributed by atoms with E-state index < -0.39 is 10.0 Å². The van der Waals surface area contributed by atoms with Crippen LogP contribution in [0.1, 0.15) is 51.1 Å². The Morgan fingerprint density at radius 2 is 2.05 bits per heavy atom. The third-order valence-corrected chi connectivity index (χ3v) is 5.88. The maximum absolute atomic E-state index is 12.5. The monoisotopic (exact) mass is 314 g/mol. The highest BCUT2D eigenvalue weighted by molar-refractivity contribution is 7.89. The molecule has 2 rings (SSSR count). The zero-order valence-corrected chi connectivity index (χ0v) is 13.9. The van der Waals surface area contributed by atoms with Crippen molar-refractivity contribution in [3.05, 3.63) is 17.6 Å². The Morgan fingerprint density at radius 1 is 1.38 bits per heavy atom. The first kappa shape index (κ1) is 16.5. The predicted molar refractivity (Wildman–Crippen MR) is 82.6 cm³/mol. The molecule has 1 heterocycles. The van der Waals surface area contributed by atoms with Crippen LogP contribution in [0.25, 0.3) is 0 Å². The van der Waals surface area contributed by atoms with Crippen molar-refractivity contribution >= 4 is 10.0 Å². The van der Waals surface area contributed by atoms with Crippen molar-refractivity contribution in [2.75, 3.05) is 6.54 Å². The van der Waals surface area contributed by atoms with Crippen molar-refractivity contribution in [1.82, 2.24) is 10.0 Å². The van der Waals surface area contributed by atoms with Crippen molar-refractivity contribution < 1.29 is 12.8 Å². The zero-order valence-electron chi connectivity index (χ0n) is 13.1. The first-order valence-corrected chi connectivity index (χ1v) is 9.24. The number of rotatable bonds is 7. The Labute approximate surface area is 127 Å². The molecular weight excluding hydrogens is 288 g/mol. The number of hydrogen-bond acceptors (Lipinski definition) is 4. The lowest BCUT2D eigenvalue weighted by Crippen LogP contribution is -2.37. The van der Waals surface area contributed by atoms with Crippen molar-refractivity contribution in [2.24, 2.45) is 5.92 Å². The fourth-order valence-corrected chi connectivity index (χ4v) is 4.50. The third kappa shape index (κ3) is 4.08. The summed E-state index contributed by atoms with van der Waals surface area (Å²) in [6.07, 6.45) is 4.63. The van der Waals surface area contributed by atoms with Gasteiger partial charge in [-0.05, 0) is 39.2 Å². The van der Waals surface area contributed by atoms with E-state index in [0.29, 0.717) is 24.0 Å². The molecule has 5 nitrogen and oxygen atoms in total. The quantitative estimate of drug-likeness (QED) is 0.811. The molecule has 21 heavy (non-hydrogen) atoms. The molecule has 120 valence electrons. The van der Waals surface area contributed by atoms with Crippen LogP contribution in [0, 0.1) is 12.8 Å². The zero-order chi connectivity index (χ0) is 15.5. The fourth-order valence-electron chi connectivity index (χ4n) is 2.99. The molecule has 0 amide bonds. The molecule has 1 saturated carbocycles. The van der Waals surface area contributed by atoms with E-state index in [2.05, 4.69) is 10.0 Å². The predicted octanol–water partition coefficient (Wildman–Crippen LogP) is 2.55. The molecule has 0 bridgehead atoms. The van der Waals surface area contributed by atoms with E-state index in [0.717, 1.165) is 19.4 Å². The van der Waals surface area contributed by atoms with Gasteiger partial charge in [-0.3, -0.25) is 0 Å². The summed E-state index contributed by atoms with van der Waals surface area (Å²) in [5.41, 5.74) is 0. The molecule has 0 radical (unpaired) electrons. The molecule has 6 heteroatoms. The topological polar surface area (TPSA) is 71.3 Å². The summed E-state index contributed by atoms with van der Waals surface area (Å²) in [6, 6.07) is 1.60. The molecule has 1 aliphatic rings. The highest BCUT2D eigenvalue weighted by Gasteiger charge is 2.28. The summed E-state index contributed by atoms with van der Waals surface area (Å²) in [7, 11) is -3.50. The fraction of sp³-hybridized carbons (Fsp3) is 0.733. The normalized spacial score (nSPS) is 18.2. The molecule has 0 saturated heterocycles. The van der Waals surface area contributed by atoms with Gasteiger partial charge in [0.1, 0.15) is 16.4 Å². The van der Waals surface area contributed by atoms with Gasteiger partial charge in [0.05, 0.1) is 6.54 Å². The summed E-state index contributed by atoms with van der Waals surface area (Å²) in [5, 5.41) is 3.13. The smallest absolute Gasteiger partial charge is 0.244 e. The first-order valence-electron chi connectivity index (χ1n) is 7.76. The molecule has 1 aliphatic carbocycles. The molecule has 1 atom stereocenters. The van der Waals surface area contributed by atoms with Crippen LogP contribution in [-0.2, 0) is 16.6 Å². The minimum atomic E-state index is -3.50. The molecule has 1 unspecified atom stereocenters. The molecule has 0 spiro atoms. The van der Waals surface area contributed by atoms with Gasteiger partial charge in [-0.1, -0.05) is 19.8 Å². The van der Waals surface area contributed by atoms with Crippen LogP contribution < -0.4 is 10.0 Å². The van der Waals surface area contributed by atoms with Crippen molar-refractivity contribution in [3.63, 3.8) is 0 Å². The van der Waals surface area contributed by atoms with Gasteiger partial charge in [0.2, 0.25) is 10.0 Å². The number of furan rings is 1. The van der Waals surface area contributed by atoms with Gasteiger partial charge >= 0.3 is 0 Å². The molecule has 1 aromatic rings. The van der Waals surface area contributed by atoms with Crippen LogP contribution in [0.4, 0.5) is 0 Å². The van der Waals surface area contributed by atoms with E-state index in [4.69, 9.17) is 4.42 Å². The minimum absolute atomic E-state index is 0.0241. The van der Waals surface area contributed by atoms with Gasteiger partial charge in [0, 0.05) is 12.1 Å². The van der Waals surface area contributed by atoms with Gasteiger partial charge < -0.3 is 9.73 Å². The van der Waals surface area contributed by atoms with E-state index in [9.17, 15) is 8.42 Å². The average molecular weight is 314 g/mol. The maximum atomic E-state index is 12.5. The van der Waals surface area contributed by atoms with Crippen molar-refractivity contribution in [3.8, 4) is 0 Å². The summed E-state index contributed by atoms with van der Waals surface area (Å²) < 4.78 is 33.4. The molecule has 1 fully saturated rings. The van der Waals surface area contributed by atoms with E-state index in [1.807, 2.05) is 13.8 Å². The second-order valence-corrected chi connectivity index (χ2v) is 7.55. The van der Waals surface area contributed by atoms with E-state index >= 15 is 0 Å². The standard InChI is InChI=1S/C15H26N2O3S/c1-4-16-10-14-9-15(12(3)20-14)21(18,19)17-11(2)13-7-5-6-8-13/h9,11,13,16-17H,4-8,10H2,1-3H3. The molecule has 2 N–H and O–H groups in total. The largest absolute Gasteiger partial charge is 0.464 e. The van der Waals surface area contributed by atoms with Crippen molar-refractivity contribution in [2.45, 2.75) is 63.9 Å². The summed E-state index contributed by atoms with van der Waals surface area (Å²) in [5.74, 6) is 1.56.